The van der Waals surface area contributed by atoms with Crippen molar-refractivity contribution >= 4 is 17.7 Å². The Bertz CT molecular complexity index is 1150. The molecule has 10 nitrogen and oxygen atoms in total. The quantitative estimate of drug-likeness (QED) is 0.149. The average Bonchev–Trinajstić information content (AvgIpc) is 3.06. The standard InChI is InChI=1S/C34H51N3O7/c1-7-8-9-10-11-12-13-14-21-44-34-28(39-2)22-26(23-29(34)40-3)15-16-32(38)35-37-19-17-36(18-20-37)27-24-30(41-4)33(43-6)31(25-27)42-5/h15-16,22-25H,7-14,17-21H2,1-6H3,(H,35,38)/b16-15+. The van der Waals surface area contributed by atoms with E-state index in [1.54, 1.807) is 41.6 Å². The zero-order valence-corrected chi connectivity index (χ0v) is 27.4. The molecule has 1 aliphatic heterocycles. The molecule has 0 saturated carbocycles. The molecule has 0 bridgehead atoms. The number of ether oxygens (including phenoxy) is 6. The van der Waals surface area contributed by atoms with E-state index >= 15 is 0 Å². The molecule has 1 aliphatic rings. The SMILES string of the molecule is CCCCCCCCCCOc1c(OC)cc(/C=C/C(=O)NN2CCN(c3cc(OC)c(OC)c(OC)c3)CC2)cc1OC. The lowest BCUT2D eigenvalue weighted by Gasteiger charge is -2.36. The highest BCUT2D eigenvalue weighted by atomic mass is 16.5. The average molecular weight is 614 g/mol. The van der Waals surface area contributed by atoms with Gasteiger partial charge in [0.2, 0.25) is 11.5 Å². The minimum absolute atomic E-state index is 0.209. The number of carbonyl (C=O) groups excluding carboxylic acids is 1. The van der Waals surface area contributed by atoms with Gasteiger partial charge in [0, 0.05) is 50.1 Å². The summed E-state index contributed by atoms with van der Waals surface area (Å²) in [7, 11) is 8.02. The number of hydrogen-bond acceptors (Lipinski definition) is 9. The molecule has 1 heterocycles. The van der Waals surface area contributed by atoms with Crippen molar-refractivity contribution in [2.45, 2.75) is 58.3 Å². The molecule has 0 atom stereocenters. The number of unbranched alkanes of at least 4 members (excludes halogenated alkanes) is 7. The highest BCUT2D eigenvalue weighted by molar-refractivity contribution is 5.91. The van der Waals surface area contributed by atoms with E-state index in [-0.39, 0.29) is 5.91 Å². The Labute approximate surface area is 263 Å². The van der Waals surface area contributed by atoms with E-state index in [1.807, 2.05) is 29.3 Å². The minimum atomic E-state index is -0.209. The van der Waals surface area contributed by atoms with Crippen LogP contribution in [0.2, 0.25) is 0 Å². The number of rotatable bonds is 19. The second kappa shape index (κ2) is 18.8. The third-order valence-electron chi connectivity index (χ3n) is 7.72. The number of hydrogen-bond donors (Lipinski definition) is 1. The first-order valence-corrected chi connectivity index (χ1v) is 15.6. The van der Waals surface area contributed by atoms with Crippen molar-refractivity contribution in [3.8, 4) is 34.5 Å². The second-order valence-electron chi connectivity index (χ2n) is 10.7. The first kappa shape index (κ1) is 34.7. The van der Waals surface area contributed by atoms with Gasteiger partial charge in [-0.25, -0.2) is 5.01 Å². The number of amides is 1. The first-order valence-electron chi connectivity index (χ1n) is 15.6. The normalized spacial score (nSPS) is 13.5. The molecule has 3 rings (SSSR count). The van der Waals surface area contributed by atoms with E-state index in [1.165, 1.54) is 44.6 Å². The van der Waals surface area contributed by atoms with Crippen LogP contribution in [0.5, 0.6) is 34.5 Å². The van der Waals surface area contributed by atoms with Crippen LogP contribution in [-0.4, -0.2) is 79.3 Å². The zero-order chi connectivity index (χ0) is 31.7. The van der Waals surface area contributed by atoms with Crippen molar-refractivity contribution in [1.82, 2.24) is 10.4 Å². The van der Waals surface area contributed by atoms with E-state index in [0.717, 1.165) is 37.2 Å². The van der Waals surface area contributed by atoms with E-state index in [4.69, 9.17) is 28.4 Å². The van der Waals surface area contributed by atoms with E-state index in [9.17, 15) is 4.79 Å². The Morgan fingerprint density at radius 3 is 1.75 bits per heavy atom. The summed E-state index contributed by atoms with van der Waals surface area (Å²) in [6.45, 7) is 5.59. The fourth-order valence-corrected chi connectivity index (χ4v) is 5.24. The Hall–Kier alpha value is -3.79. The van der Waals surface area contributed by atoms with Crippen molar-refractivity contribution in [2.75, 3.05) is 73.2 Å². The summed E-state index contributed by atoms with van der Waals surface area (Å²) < 4.78 is 33.7. The first-order chi connectivity index (χ1) is 21.5. The number of nitrogens with one attached hydrogen (secondary N) is 1. The molecular formula is C34H51N3O7. The lowest BCUT2D eigenvalue weighted by Crippen LogP contribution is -2.53. The number of hydrazine groups is 1. The third kappa shape index (κ3) is 10.1. The number of piperazine rings is 1. The molecule has 1 fully saturated rings. The van der Waals surface area contributed by atoms with Crippen LogP contribution in [0.4, 0.5) is 5.69 Å². The summed E-state index contributed by atoms with van der Waals surface area (Å²) in [5, 5.41) is 1.92. The van der Waals surface area contributed by atoms with Crippen LogP contribution >= 0.6 is 0 Å². The molecule has 0 aromatic heterocycles. The Morgan fingerprint density at radius 1 is 0.705 bits per heavy atom. The molecule has 244 valence electrons. The molecule has 0 spiro atoms. The predicted molar refractivity (Wildman–Crippen MR) is 175 cm³/mol. The fraction of sp³-hybridized carbons (Fsp3) is 0.559. The third-order valence-corrected chi connectivity index (χ3v) is 7.72. The molecule has 44 heavy (non-hydrogen) atoms. The van der Waals surface area contributed by atoms with Gasteiger partial charge in [-0.3, -0.25) is 10.2 Å². The predicted octanol–water partition coefficient (Wildman–Crippen LogP) is 6.12. The van der Waals surface area contributed by atoms with Gasteiger partial charge in [0.15, 0.2) is 23.0 Å². The Balaban J connectivity index is 1.50. The second-order valence-corrected chi connectivity index (χ2v) is 10.7. The van der Waals surface area contributed by atoms with Crippen LogP contribution in [0.3, 0.4) is 0 Å². The summed E-state index contributed by atoms with van der Waals surface area (Å²) in [4.78, 5) is 15.0. The van der Waals surface area contributed by atoms with Crippen molar-refractivity contribution in [1.29, 1.82) is 0 Å². The summed E-state index contributed by atoms with van der Waals surface area (Å²) in [6.07, 6.45) is 13.2. The largest absolute Gasteiger partial charge is 0.493 e. The molecule has 2 aromatic rings. The molecule has 2 aromatic carbocycles. The van der Waals surface area contributed by atoms with Crippen molar-refractivity contribution in [3.63, 3.8) is 0 Å². The van der Waals surface area contributed by atoms with E-state index < -0.39 is 0 Å². The highest BCUT2D eigenvalue weighted by Gasteiger charge is 2.22. The maximum absolute atomic E-state index is 12.8. The minimum Gasteiger partial charge on any atom is -0.493 e. The summed E-state index contributed by atoms with van der Waals surface area (Å²) in [5.74, 6) is 3.31. The van der Waals surface area contributed by atoms with Crippen molar-refractivity contribution in [3.05, 3.63) is 35.9 Å². The van der Waals surface area contributed by atoms with Crippen LogP contribution in [0.25, 0.3) is 6.08 Å². The van der Waals surface area contributed by atoms with E-state index in [0.29, 0.717) is 54.2 Å². The fourth-order valence-electron chi connectivity index (χ4n) is 5.24. The summed E-state index contributed by atoms with van der Waals surface area (Å²) in [5.41, 5.74) is 4.73. The van der Waals surface area contributed by atoms with Crippen molar-refractivity contribution < 1.29 is 33.2 Å². The van der Waals surface area contributed by atoms with Gasteiger partial charge in [0.1, 0.15) is 0 Å². The zero-order valence-electron chi connectivity index (χ0n) is 27.4. The van der Waals surface area contributed by atoms with Gasteiger partial charge >= 0.3 is 0 Å². The number of benzene rings is 2. The van der Waals surface area contributed by atoms with Gasteiger partial charge in [0.05, 0.1) is 42.2 Å². The number of carbonyl (C=O) groups is 1. The Kier molecular flexibility index (Phi) is 14.8. The molecule has 1 amide bonds. The summed E-state index contributed by atoms with van der Waals surface area (Å²) in [6, 6.07) is 7.58. The van der Waals surface area contributed by atoms with Crippen LogP contribution in [0.1, 0.15) is 63.9 Å². The van der Waals surface area contributed by atoms with Crippen LogP contribution in [-0.2, 0) is 4.79 Å². The molecule has 10 heteroatoms. The Morgan fingerprint density at radius 2 is 1.23 bits per heavy atom. The van der Waals surface area contributed by atoms with Gasteiger partial charge in [-0.1, -0.05) is 51.9 Å². The summed E-state index contributed by atoms with van der Waals surface area (Å²) >= 11 is 0. The lowest BCUT2D eigenvalue weighted by molar-refractivity contribution is -0.121. The number of anilines is 1. The van der Waals surface area contributed by atoms with Crippen LogP contribution in [0, 0.1) is 0 Å². The van der Waals surface area contributed by atoms with Gasteiger partial charge in [0.25, 0.3) is 5.91 Å². The number of methoxy groups -OCH3 is 5. The molecule has 1 saturated heterocycles. The highest BCUT2D eigenvalue weighted by Crippen LogP contribution is 2.41. The van der Waals surface area contributed by atoms with E-state index in [2.05, 4.69) is 17.2 Å². The number of nitrogens with zero attached hydrogens (tertiary/aromatic N) is 2. The van der Waals surface area contributed by atoms with Crippen LogP contribution < -0.4 is 38.7 Å². The molecule has 0 radical (unpaired) electrons. The molecule has 0 aliphatic carbocycles. The molecular weight excluding hydrogens is 562 g/mol. The van der Waals surface area contributed by atoms with Gasteiger partial charge < -0.3 is 33.3 Å². The maximum Gasteiger partial charge on any atom is 0.258 e. The smallest absolute Gasteiger partial charge is 0.258 e. The topological polar surface area (TPSA) is 91.0 Å². The molecule has 1 N–H and O–H groups in total. The molecule has 0 unspecified atom stereocenters. The van der Waals surface area contributed by atoms with Gasteiger partial charge in [-0.05, 0) is 30.2 Å². The maximum atomic E-state index is 12.8. The monoisotopic (exact) mass is 613 g/mol. The van der Waals surface area contributed by atoms with Gasteiger partial charge in [-0.15, -0.1) is 0 Å². The van der Waals surface area contributed by atoms with Crippen LogP contribution in [0.15, 0.2) is 30.3 Å². The van der Waals surface area contributed by atoms with Gasteiger partial charge in [-0.2, -0.15) is 0 Å². The lowest BCUT2D eigenvalue weighted by atomic mass is 10.1. The van der Waals surface area contributed by atoms with Crippen molar-refractivity contribution in [2.24, 2.45) is 0 Å².